The summed E-state index contributed by atoms with van der Waals surface area (Å²) in [4.78, 5) is 21.3. The van der Waals surface area contributed by atoms with Gasteiger partial charge in [-0.3, -0.25) is 4.18 Å². The number of H-pyrrole nitrogens is 2. The van der Waals surface area contributed by atoms with Gasteiger partial charge in [-0.15, -0.1) is 0 Å². The Labute approximate surface area is 722 Å². The maximum absolute atomic E-state index is 12.7. The predicted octanol–water partition coefficient (Wildman–Crippen LogP) is 35.0. The summed E-state index contributed by atoms with van der Waals surface area (Å²) in [6, 6.07) is 30.4. The fourth-order valence-corrected chi connectivity index (χ4v) is 20.3. The highest BCUT2D eigenvalue weighted by atomic mass is 32.2. The summed E-state index contributed by atoms with van der Waals surface area (Å²) in [5.74, 6) is 0. The van der Waals surface area contributed by atoms with E-state index >= 15 is 0 Å². The molecule has 7 aromatic rings. The van der Waals surface area contributed by atoms with Crippen LogP contribution in [-0.4, -0.2) is 41.2 Å². The lowest BCUT2D eigenvalue weighted by atomic mass is 9.88. The number of benzene rings is 4. The van der Waals surface area contributed by atoms with Crippen LogP contribution in [0.25, 0.3) is 88.6 Å². The van der Waals surface area contributed by atoms with Crippen molar-refractivity contribution in [1.82, 2.24) is 19.9 Å². The molecule has 5 heterocycles. The third-order valence-electron chi connectivity index (χ3n) is 26.7. The lowest BCUT2D eigenvalue weighted by molar-refractivity contribution is 0.316. The SMILES string of the molecule is CCCCCCCCCCc1ccc(CCCCCCCCCC)c2c1-c1cc3[nH]c(cc4nc(cc5[nH]c(cc-2n1)c1c(CCCCCCCCCC)ccc(CCCOS(C)(=O)=O)c51)-c1c(CCCCCCCCCC)ccc(CCCCCCCCCC)c1-4)c1c(CCCCCCCCCC)ccc(CCCCCCCCCC)c31. The monoisotopic (exact) mass is 1630 g/mol. The Balaban J connectivity index is 1.38. The van der Waals surface area contributed by atoms with Gasteiger partial charge in [-0.25, -0.2) is 9.97 Å². The number of aromatic amines is 2. The molecule has 3 aromatic heterocycles. The number of hydrogen-bond donors (Lipinski definition) is 2. The van der Waals surface area contributed by atoms with Crippen molar-refractivity contribution in [2.75, 3.05) is 12.9 Å². The van der Waals surface area contributed by atoms with Crippen LogP contribution in [-0.2, 0) is 65.7 Å². The van der Waals surface area contributed by atoms with Crippen molar-refractivity contribution in [2.45, 2.75) is 466 Å². The van der Waals surface area contributed by atoms with Gasteiger partial charge in [0.1, 0.15) is 0 Å². The summed E-state index contributed by atoms with van der Waals surface area (Å²) in [6.45, 7) is 16.5. The number of aromatic nitrogens is 4. The summed E-state index contributed by atoms with van der Waals surface area (Å²) in [7, 11) is -3.63. The number of rotatable bonds is 68. The largest absolute Gasteiger partial charge is 0.354 e. The van der Waals surface area contributed by atoms with E-state index in [9.17, 15) is 8.42 Å². The Morgan fingerprint density at radius 3 is 0.576 bits per heavy atom. The van der Waals surface area contributed by atoms with Crippen molar-refractivity contribution in [3.63, 3.8) is 0 Å². The van der Waals surface area contributed by atoms with E-state index in [0.29, 0.717) is 12.8 Å². The Morgan fingerprint density at radius 2 is 0.390 bits per heavy atom. The zero-order valence-electron chi connectivity index (χ0n) is 77.1. The van der Waals surface area contributed by atoms with E-state index in [4.69, 9.17) is 14.2 Å². The first-order valence-electron chi connectivity index (χ1n) is 50.8. The summed E-state index contributed by atoms with van der Waals surface area (Å²) in [5, 5.41) is 5.34. The van der Waals surface area contributed by atoms with Crippen LogP contribution in [0.1, 0.15) is 459 Å². The van der Waals surface area contributed by atoms with Crippen molar-refractivity contribution in [3.05, 3.63) is 117 Å². The summed E-state index contributed by atoms with van der Waals surface area (Å²) in [6.07, 6.45) is 81.9. The average Bonchev–Trinajstić information content (AvgIpc) is 1.58. The number of hydrogen-bond acceptors (Lipinski definition) is 5. The normalized spacial score (nSPS) is 12.2. The highest BCUT2D eigenvalue weighted by molar-refractivity contribution is 7.86. The molecule has 0 spiro atoms. The number of nitrogens with one attached hydrogen (secondary N) is 2. The standard InChI is InChI=1S/C110H170N4O3S/c1-9-16-23-30-37-44-51-58-66-87-74-75-88(67-59-52-45-38-31-24-17-10-2)104-96-84-98-106-90(69-61-54-47-40-33-26-19-12-4)78-79-92(71-63-56-49-42-35-28-21-14-6)108(106)100(113-98)86-102-110-94(73-65-82-117-118(8,115)116)81-80-93(72-64-57-50-43-36-29-22-15-7)109(110)101(114-102)85-99-107-91(70-62-55-48-41-34-27-20-13-5)77-76-89(68-60-53-46-39-32-25-18-11-3)105(107)97(112-99)83-95(111-96)103(87)104/h74-81,83-86,111,114H,9-73,82H2,1-8H3. The molecule has 0 fully saturated rings. The first-order valence-corrected chi connectivity index (χ1v) is 52.6. The third-order valence-corrected chi connectivity index (χ3v) is 27.3. The van der Waals surface area contributed by atoms with Gasteiger partial charge in [-0.05, 0) is 172 Å². The molecular weight excluding hydrogens is 1460 g/mol. The molecule has 0 saturated heterocycles. The van der Waals surface area contributed by atoms with Gasteiger partial charge < -0.3 is 9.97 Å². The Hall–Kier alpha value is -5.57. The zero-order chi connectivity index (χ0) is 83.0. The molecular formula is C110H170N4O3S. The second-order valence-electron chi connectivity index (χ2n) is 37.0. The molecule has 2 aliphatic heterocycles. The fraction of sp³-hybridized carbons (Fsp3) is 0.673. The van der Waals surface area contributed by atoms with Crippen LogP contribution in [0, 0.1) is 0 Å². The van der Waals surface area contributed by atoms with Gasteiger partial charge in [0.15, 0.2) is 0 Å². The van der Waals surface area contributed by atoms with Gasteiger partial charge >= 0.3 is 0 Å². The molecule has 8 heteroatoms. The van der Waals surface area contributed by atoms with Gasteiger partial charge in [0, 0.05) is 65.9 Å². The van der Waals surface area contributed by atoms with Crippen molar-refractivity contribution in [1.29, 1.82) is 0 Å². The van der Waals surface area contributed by atoms with E-state index in [1.807, 2.05) is 0 Å². The second-order valence-corrected chi connectivity index (χ2v) is 38.6. The van der Waals surface area contributed by atoms with Crippen LogP contribution in [0.3, 0.4) is 0 Å². The maximum Gasteiger partial charge on any atom is 0.264 e. The fourth-order valence-electron chi connectivity index (χ4n) is 19.9. The van der Waals surface area contributed by atoms with Crippen molar-refractivity contribution in [2.24, 2.45) is 0 Å². The van der Waals surface area contributed by atoms with Crippen molar-refractivity contribution >= 4 is 53.7 Å². The van der Waals surface area contributed by atoms with E-state index in [0.717, 1.165) is 104 Å². The minimum absolute atomic E-state index is 0.142. The van der Waals surface area contributed by atoms with E-state index < -0.39 is 10.1 Å². The Morgan fingerprint density at radius 1 is 0.229 bits per heavy atom. The first kappa shape index (κ1) is 96.3. The third kappa shape index (κ3) is 31.6. The summed E-state index contributed by atoms with van der Waals surface area (Å²) < 4.78 is 31.0. The molecule has 0 amide bonds. The number of unbranched alkanes of at least 4 members (excludes halogenated alkanes) is 49. The van der Waals surface area contributed by atoms with Gasteiger partial charge in [0.05, 0.1) is 35.6 Å². The van der Waals surface area contributed by atoms with E-state index in [2.05, 4.69) is 131 Å². The Kier molecular flexibility index (Phi) is 45.9. The summed E-state index contributed by atoms with van der Waals surface area (Å²) in [5.41, 5.74) is 25.6. The lowest BCUT2D eigenvalue weighted by Crippen LogP contribution is -2.05. The molecule has 7 nitrogen and oxygen atoms in total. The van der Waals surface area contributed by atoms with Crippen molar-refractivity contribution < 1.29 is 12.6 Å². The molecule has 118 heavy (non-hydrogen) atoms. The number of fused-ring (bicyclic) bond motifs is 20. The second kappa shape index (κ2) is 56.2. The van der Waals surface area contributed by atoms with E-state index in [-0.39, 0.29) is 6.61 Å². The van der Waals surface area contributed by atoms with Gasteiger partial charge in [-0.1, -0.05) is 412 Å². The molecule has 2 aliphatic rings. The van der Waals surface area contributed by atoms with Crippen LogP contribution < -0.4 is 0 Å². The van der Waals surface area contributed by atoms with Crippen LogP contribution in [0.2, 0.25) is 0 Å². The van der Waals surface area contributed by atoms with E-state index in [1.54, 1.807) is 0 Å². The highest BCUT2D eigenvalue weighted by Crippen LogP contribution is 2.48. The number of nitrogens with zero attached hydrogens (tertiary/aromatic N) is 2. The molecule has 2 N–H and O–H groups in total. The molecule has 0 aliphatic carbocycles. The molecule has 8 bridgehead atoms. The summed E-state index contributed by atoms with van der Waals surface area (Å²) >= 11 is 0. The predicted molar refractivity (Wildman–Crippen MR) is 518 cm³/mol. The van der Waals surface area contributed by atoms with Crippen LogP contribution >= 0.6 is 0 Å². The minimum Gasteiger partial charge on any atom is -0.354 e. The quantitative estimate of drug-likeness (QED) is 0.0292. The number of aryl methyl sites for hydroxylation is 8. The van der Waals surface area contributed by atoms with E-state index in [1.165, 1.54) is 439 Å². The van der Waals surface area contributed by atoms with Crippen molar-refractivity contribution in [3.8, 4) is 45.0 Å². The molecule has 654 valence electrons. The lowest BCUT2D eigenvalue weighted by Gasteiger charge is -2.14. The highest BCUT2D eigenvalue weighted by Gasteiger charge is 2.29. The minimum atomic E-state index is -3.63. The molecule has 0 unspecified atom stereocenters. The molecule has 0 atom stereocenters. The average molecular weight is 1630 g/mol. The molecule has 9 rings (SSSR count). The molecule has 0 saturated carbocycles. The molecule has 4 aromatic carbocycles. The Bertz CT molecular complexity index is 4250. The van der Waals surface area contributed by atoms with Crippen LogP contribution in [0.5, 0.6) is 0 Å². The van der Waals surface area contributed by atoms with Gasteiger partial charge in [0.25, 0.3) is 10.1 Å². The maximum atomic E-state index is 12.7. The molecule has 0 radical (unpaired) electrons. The zero-order valence-corrected chi connectivity index (χ0v) is 77.9. The van der Waals surface area contributed by atoms with Gasteiger partial charge in [0.2, 0.25) is 0 Å². The first-order chi connectivity index (χ1) is 58.0. The van der Waals surface area contributed by atoms with Gasteiger partial charge in [-0.2, -0.15) is 8.42 Å². The smallest absolute Gasteiger partial charge is 0.264 e. The van der Waals surface area contributed by atoms with Crippen LogP contribution in [0.4, 0.5) is 0 Å². The topological polar surface area (TPSA) is 101 Å². The van der Waals surface area contributed by atoms with Crippen LogP contribution in [0.15, 0.2) is 72.8 Å².